The second-order valence-corrected chi connectivity index (χ2v) is 3.61. The van der Waals surface area contributed by atoms with Crippen molar-refractivity contribution in [3.63, 3.8) is 0 Å². The van der Waals surface area contributed by atoms with E-state index in [9.17, 15) is 0 Å². The Morgan fingerprint density at radius 3 is 2.75 bits per heavy atom. The molecule has 1 aliphatic rings. The molecule has 0 saturated heterocycles. The molecule has 0 amide bonds. The minimum atomic E-state index is 0.705. The predicted molar refractivity (Wildman–Crippen MR) is 48.9 cm³/mol. The molecule has 0 radical (unpaired) electrons. The van der Waals surface area contributed by atoms with Crippen molar-refractivity contribution in [1.82, 2.24) is 4.90 Å². The summed E-state index contributed by atoms with van der Waals surface area (Å²) in [6, 6.07) is 0. The SMILES string of the molecule is COC[N+]1(C)CCN=C1N(C)C. The number of guanidine groups is 1. The summed E-state index contributed by atoms with van der Waals surface area (Å²) in [5.74, 6) is 1.11. The molecule has 0 aliphatic carbocycles. The Morgan fingerprint density at radius 2 is 2.25 bits per heavy atom. The molecule has 4 heteroatoms. The molecule has 4 nitrogen and oxygen atoms in total. The van der Waals surface area contributed by atoms with Gasteiger partial charge in [-0.15, -0.1) is 0 Å². The van der Waals surface area contributed by atoms with Gasteiger partial charge in [-0.3, -0.25) is 0 Å². The summed E-state index contributed by atoms with van der Waals surface area (Å²) in [5.41, 5.74) is 0. The number of quaternary nitrogens is 1. The van der Waals surface area contributed by atoms with E-state index in [1.54, 1.807) is 7.11 Å². The van der Waals surface area contributed by atoms with Gasteiger partial charge in [0.1, 0.15) is 6.54 Å². The molecular weight excluding hydrogens is 154 g/mol. The fraction of sp³-hybridized carbons (Fsp3) is 0.875. The highest BCUT2D eigenvalue weighted by atomic mass is 16.5. The van der Waals surface area contributed by atoms with E-state index in [2.05, 4.69) is 16.9 Å². The van der Waals surface area contributed by atoms with Crippen molar-refractivity contribution in [3.8, 4) is 0 Å². The lowest BCUT2D eigenvalue weighted by Crippen LogP contribution is -2.53. The number of nitrogens with zero attached hydrogens (tertiary/aromatic N) is 3. The highest BCUT2D eigenvalue weighted by Crippen LogP contribution is 2.12. The maximum absolute atomic E-state index is 5.17. The van der Waals surface area contributed by atoms with Crippen LogP contribution in [0.4, 0.5) is 0 Å². The van der Waals surface area contributed by atoms with Gasteiger partial charge in [0, 0.05) is 21.2 Å². The van der Waals surface area contributed by atoms with Crippen LogP contribution in [0.2, 0.25) is 0 Å². The largest absolute Gasteiger partial charge is 0.335 e. The van der Waals surface area contributed by atoms with Crippen molar-refractivity contribution in [3.05, 3.63) is 0 Å². The number of rotatable bonds is 2. The number of ether oxygens (including phenoxy) is 1. The Morgan fingerprint density at radius 1 is 1.58 bits per heavy atom. The average molecular weight is 172 g/mol. The third kappa shape index (κ3) is 1.59. The quantitative estimate of drug-likeness (QED) is 0.546. The van der Waals surface area contributed by atoms with Gasteiger partial charge in [0.05, 0.1) is 13.6 Å². The summed E-state index contributed by atoms with van der Waals surface area (Å²) in [7, 11) is 7.93. The first-order valence-electron chi connectivity index (χ1n) is 4.16. The maximum Gasteiger partial charge on any atom is 0.301 e. The Balaban J connectivity index is 2.71. The van der Waals surface area contributed by atoms with Gasteiger partial charge in [0.2, 0.25) is 0 Å². The molecule has 0 fully saturated rings. The Hall–Kier alpha value is -0.610. The van der Waals surface area contributed by atoms with Crippen molar-refractivity contribution in [2.24, 2.45) is 4.99 Å². The van der Waals surface area contributed by atoms with Crippen LogP contribution < -0.4 is 0 Å². The number of likely N-dealkylation sites (N-methyl/N-ethyl adjacent to an activating group) is 1. The van der Waals surface area contributed by atoms with Gasteiger partial charge in [-0.05, 0) is 0 Å². The van der Waals surface area contributed by atoms with Crippen LogP contribution >= 0.6 is 0 Å². The lowest BCUT2D eigenvalue weighted by atomic mass is 10.5. The summed E-state index contributed by atoms with van der Waals surface area (Å²) in [5, 5.41) is 0. The molecule has 0 N–H and O–H groups in total. The van der Waals surface area contributed by atoms with Gasteiger partial charge >= 0.3 is 5.96 Å². The van der Waals surface area contributed by atoms with E-state index in [-0.39, 0.29) is 0 Å². The molecular formula is C8H18N3O+. The smallest absolute Gasteiger partial charge is 0.301 e. The Bertz CT molecular complexity index is 191. The third-order valence-electron chi connectivity index (χ3n) is 2.14. The van der Waals surface area contributed by atoms with Gasteiger partial charge in [-0.25, -0.2) is 9.48 Å². The van der Waals surface area contributed by atoms with Gasteiger partial charge in [0.15, 0.2) is 6.73 Å². The number of aliphatic imine (C=N–C) groups is 1. The lowest BCUT2D eigenvalue weighted by Gasteiger charge is -2.31. The average Bonchev–Trinajstić information content (AvgIpc) is 2.32. The summed E-state index contributed by atoms with van der Waals surface area (Å²) in [6.07, 6.45) is 0. The molecule has 0 bridgehead atoms. The van der Waals surface area contributed by atoms with Crippen molar-refractivity contribution < 1.29 is 9.22 Å². The summed E-state index contributed by atoms with van der Waals surface area (Å²) in [6.45, 7) is 2.66. The summed E-state index contributed by atoms with van der Waals surface area (Å²) in [4.78, 5) is 6.50. The van der Waals surface area contributed by atoms with Crippen molar-refractivity contribution in [2.45, 2.75) is 0 Å². The second kappa shape index (κ2) is 3.41. The lowest BCUT2D eigenvalue weighted by molar-refractivity contribution is -0.840. The van der Waals surface area contributed by atoms with Crippen LogP contribution in [0.25, 0.3) is 0 Å². The maximum atomic E-state index is 5.17. The van der Waals surface area contributed by atoms with Crippen molar-refractivity contribution >= 4 is 5.96 Å². The molecule has 0 aromatic rings. The molecule has 0 aromatic carbocycles. The second-order valence-electron chi connectivity index (χ2n) is 3.61. The van der Waals surface area contributed by atoms with E-state index in [4.69, 9.17) is 4.74 Å². The molecule has 1 aliphatic heterocycles. The van der Waals surface area contributed by atoms with Crippen LogP contribution in [0.15, 0.2) is 4.99 Å². The van der Waals surface area contributed by atoms with Crippen LogP contribution in [-0.4, -0.2) is 63.4 Å². The first kappa shape index (κ1) is 9.48. The van der Waals surface area contributed by atoms with Crippen LogP contribution in [0.3, 0.4) is 0 Å². The minimum absolute atomic E-state index is 0.705. The zero-order valence-corrected chi connectivity index (χ0v) is 8.37. The van der Waals surface area contributed by atoms with Crippen LogP contribution in [0.1, 0.15) is 0 Å². The molecule has 1 rings (SSSR count). The molecule has 0 spiro atoms. The zero-order chi connectivity index (χ0) is 9.19. The van der Waals surface area contributed by atoms with E-state index in [1.807, 2.05) is 14.1 Å². The van der Waals surface area contributed by atoms with Crippen molar-refractivity contribution in [1.29, 1.82) is 0 Å². The Labute approximate surface area is 74.0 Å². The molecule has 1 unspecified atom stereocenters. The topological polar surface area (TPSA) is 24.8 Å². The zero-order valence-electron chi connectivity index (χ0n) is 8.37. The molecule has 0 aromatic heterocycles. The molecule has 1 heterocycles. The van der Waals surface area contributed by atoms with Gasteiger partial charge in [-0.2, -0.15) is 0 Å². The highest BCUT2D eigenvalue weighted by molar-refractivity contribution is 5.73. The van der Waals surface area contributed by atoms with E-state index >= 15 is 0 Å². The number of methoxy groups -OCH3 is 1. The fourth-order valence-electron chi connectivity index (χ4n) is 1.67. The van der Waals surface area contributed by atoms with E-state index < -0.39 is 0 Å². The number of hydrogen-bond acceptors (Lipinski definition) is 3. The summed E-state index contributed by atoms with van der Waals surface area (Å²) < 4.78 is 5.97. The Kier molecular flexibility index (Phi) is 2.69. The predicted octanol–water partition coefficient (Wildman–Crippen LogP) is -0.0319. The van der Waals surface area contributed by atoms with Crippen LogP contribution in [0, 0.1) is 0 Å². The third-order valence-corrected chi connectivity index (χ3v) is 2.14. The minimum Gasteiger partial charge on any atom is -0.335 e. The monoisotopic (exact) mass is 172 g/mol. The van der Waals surface area contributed by atoms with Gasteiger partial charge in [-0.1, -0.05) is 0 Å². The molecule has 12 heavy (non-hydrogen) atoms. The number of hydrogen-bond donors (Lipinski definition) is 0. The first-order chi connectivity index (χ1) is 5.60. The molecule has 0 saturated carbocycles. The van der Waals surface area contributed by atoms with Crippen LogP contribution in [-0.2, 0) is 4.74 Å². The standard InChI is InChI=1S/C8H18N3O/c1-10(2)8-9-5-6-11(8,3)7-12-4/h5-7H2,1-4H3/q+1. The fourth-order valence-corrected chi connectivity index (χ4v) is 1.67. The van der Waals surface area contributed by atoms with E-state index in [0.29, 0.717) is 6.73 Å². The van der Waals surface area contributed by atoms with E-state index in [0.717, 1.165) is 23.5 Å². The van der Waals surface area contributed by atoms with Crippen molar-refractivity contribution in [2.75, 3.05) is 48.1 Å². The first-order valence-corrected chi connectivity index (χ1v) is 4.16. The molecule has 70 valence electrons. The van der Waals surface area contributed by atoms with Gasteiger partial charge in [0.25, 0.3) is 0 Å². The van der Waals surface area contributed by atoms with E-state index in [1.165, 1.54) is 0 Å². The highest BCUT2D eigenvalue weighted by Gasteiger charge is 2.35. The normalized spacial score (nSPS) is 28.8. The van der Waals surface area contributed by atoms with Gasteiger partial charge < -0.3 is 9.64 Å². The molecule has 1 atom stereocenters. The van der Waals surface area contributed by atoms with Crippen LogP contribution in [0.5, 0.6) is 0 Å². The summed E-state index contributed by atoms with van der Waals surface area (Å²) >= 11 is 0.